The van der Waals surface area contributed by atoms with E-state index in [1.165, 1.54) is 0 Å². The van der Waals surface area contributed by atoms with E-state index in [2.05, 4.69) is 5.32 Å². The van der Waals surface area contributed by atoms with Crippen LogP contribution in [0.25, 0.3) is 27.9 Å². The van der Waals surface area contributed by atoms with Crippen molar-refractivity contribution < 1.29 is 4.79 Å². The molecule has 0 spiro atoms. The lowest BCUT2D eigenvalue weighted by Gasteiger charge is -1.99. The average molecular weight is 369 g/mol. The summed E-state index contributed by atoms with van der Waals surface area (Å²) in [5.41, 5.74) is 5.21. The Morgan fingerprint density at radius 1 is 0.963 bits per heavy atom. The van der Waals surface area contributed by atoms with Gasteiger partial charge in [0, 0.05) is 28.6 Å². The second-order valence-electron chi connectivity index (χ2n) is 6.25. The van der Waals surface area contributed by atoms with Gasteiger partial charge >= 0.3 is 0 Å². The number of hydrogen-bond donors (Lipinski definition) is 1. The molecule has 2 aromatic carbocycles. The van der Waals surface area contributed by atoms with Crippen LogP contribution in [-0.4, -0.2) is 15.7 Å². The summed E-state index contributed by atoms with van der Waals surface area (Å²) in [5.74, 6) is -0.0826. The monoisotopic (exact) mass is 369 g/mol. The standard InChI is InChI=1S/C22H15N3OS/c26-22-18(17-9-4-5-10-19(17)23-22)13-15-14-25(16-7-2-1-3-8-16)24-21(15)20-11-6-12-27-20/h1-14H,(H,23,26). The van der Waals surface area contributed by atoms with Gasteiger partial charge < -0.3 is 5.32 Å². The van der Waals surface area contributed by atoms with Crippen LogP contribution in [0.3, 0.4) is 0 Å². The van der Waals surface area contributed by atoms with Crippen molar-refractivity contribution >= 4 is 34.6 Å². The van der Waals surface area contributed by atoms with Gasteiger partial charge in [-0.15, -0.1) is 11.3 Å². The highest BCUT2D eigenvalue weighted by molar-refractivity contribution is 7.13. The zero-order chi connectivity index (χ0) is 18.2. The number of rotatable bonds is 3. The van der Waals surface area contributed by atoms with Gasteiger partial charge in [0.2, 0.25) is 0 Å². The van der Waals surface area contributed by atoms with Gasteiger partial charge in [-0.3, -0.25) is 4.79 Å². The molecule has 1 N–H and O–H groups in total. The minimum atomic E-state index is -0.0826. The van der Waals surface area contributed by atoms with Crippen LogP contribution < -0.4 is 5.32 Å². The summed E-state index contributed by atoms with van der Waals surface area (Å²) in [7, 11) is 0. The Labute approximate surface area is 160 Å². The van der Waals surface area contributed by atoms with Gasteiger partial charge in [-0.2, -0.15) is 5.10 Å². The molecule has 2 aromatic heterocycles. The van der Waals surface area contributed by atoms with Gasteiger partial charge in [-0.05, 0) is 35.7 Å². The number of carbonyl (C=O) groups is 1. The van der Waals surface area contributed by atoms with Crippen molar-refractivity contribution in [2.24, 2.45) is 0 Å². The first-order valence-corrected chi connectivity index (χ1v) is 9.49. The second-order valence-corrected chi connectivity index (χ2v) is 7.20. The van der Waals surface area contributed by atoms with Gasteiger partial charge in [0.05, 0.1) is 10.6 Å². The molecule has 0 saturated heterocycles. The lowest BCUT2D eigenvalue weighted by Crippen LogP contribution is -2.03. The largest absolute Gasteiger partial charge is 0.321 e. The number of amides is 1. The maximum atomic E-state index is 12.5. The molecule has 1 amide bonds. The molecule has 4 aromatic rings. The summed E-state index contributed by atoms with van der Waals surface area (Å²) < 4.78 is 1.86. The molecule has 0 saturated carbocycles. The Balaban J connectivity index is 1.68. The summed E-state index contributed by atoms with van der Waals surface area (Å²) >= 11 is 1.64. The third-order valence-corrected chi connectivity index (χ3v) is 5.40. The van der Waals surface area contributed by atoms with Gasteiger partial charge in [0.1, 0.15) is 5.69 Å². The lowest BCUT2D eigenvalue weighted by molar-refractivity contribution is -0.110. The number of thiophene rings is 1. The van der Waals surface area contributed by atoms with E-state index in [4.69, 9.17) is 5.10 Å². The van der Waals surface area contributed by atoms with E-state index in [-0.39, 0.29) is 5.91 Å². The maximum absolute atomic E-state index is 12.5. The molecule has 0 fully saturated rings. The molecule has 1 aliphatic heterocycles. The van der Waals surface area contributed by atoms with Gasteiger partial charge in [0.15, 0.2) is 0 Å². The molecule has 0 bridgehead atoms. The number of fused-ring (bicyclic) bond motifs is 1. The Morgan fingerprint density at radius 2 is 1.78 bits per heavy atom. The minimum absolute atomic E-state index is 0.0826. The number of benzene rings is 2. The van der Waals surface area contributed by atoms with Crippen LogP contribution in [-0.2, 0) is 4.79 Å². The minimum Gasteiger partial charge on any atom is -0.321 e. The van der Waals surface area contributed by atoms with E-state index in [0.29, 0.717) is 5.57 Å². The molecule has 130 valence electrons. The predicted octanol–water partition coefficient (Wildman–Crippen LogP) is 5.09. The molecule has 5 rings (SSSR count). The van der Waals surface area contributed by atoms with Crippen LogP contribution in [0.15, 0.2) is 78.3 Å². The highest BCUT2D eigenvalue weighted by Gasteiger charge is 2.24. The molecule has 3 heterocycles. The summed E-state index contributed by atoms with van der Waals surface area (Å²) in [6.07, 6.45) is 3.91. The van der Waals surface area contributed by atoms with Gasteiger partial charge in [-0.1, -0.05) is 42.5 Å². The van der Waals surface area contributed by atoms with E-state index in [1.807, 2.05) is 89.1 Å². The van der Waals surface area contributed by atoms with Crippen LogP contribution >= 0.6 is 11.3 Å². The van der Waals surface area contributed by atoms with Crippen LogP contribution in [0.2, 0.25) is 0 Å². The SMILES string of the molecule is O=C1Nc2ccccc2C1=Cc1cn(-c2ccccc2)nc1-c1cccs1. The summed E-state index contributed by atoms with van der Waals surface area (Å²) in [5, 5.41) is 9.76. The van der Waals surface area contributed by atoms with Crippen molar-refractivity contribution in [1.82, 2.24) is 9.78 Å². The molecule has 5 heteroatoms. The average Bonchev–Trinajstić information content (AvgIpc) is 3.42. The van der Waals surface area contributed by atoms with Gasteiger partial charge in [0.25, 0.3) is 5.91 Å². The zero-order valence-electron chi connectivity index (χ0n) is 14.3. The van der Waals surface area contributed by atoms with Crippen molar-refractivity contribution in [3.63, 3.8) is 0 Å². The van der Waals surface area contributed by atoms with Crippen LogP contribution in [0, 0.1) is 0 Å². The van der Waals surface area contributed by atoms with Crippen LogP contribution in [0.1, 0.15) is 11.1 Å². The number of anilines is 1. The Bertz CT molecular complexity index is 1160. The van der Waals surface area contributed by atoms with Crippen molar-refractivity contribution in [1.29, 1.82) is 0 Å². The zero-order valence-corrected chi connectivity index (χ0v) is 15.1. The number of nitrogens with zero attached hydrogens (tertiary/aromatic N) is 2. The third-order valence-electron chi connectivity index (χ3n) is 4.53. The van der Waals surface area contributed by atoms with Crippen LogP contribution in [0.5, 0.6) is 0 Å². The number of hydrogen-bond acceptors (Lipinski definition) is 3. The molecule has 0 atom stereocenters. The van der Waals surface area contributed by atoms with E-state index >= 15 is 0 Å². The van der Waals surface area contributed by atoms with Crippen molar-refractivity contribution in [2.75, 3.05) is 5.32 Å². The quantitative estimate of drug-likeness (QED) is 0.511. The highest BCUT2D eigenvalue weighted by atomic mass is 32.1. The molecule has 4 nitrogen and oxygen atoms in total. The first-order valence-electron chi connectivity index (χ1n) is 8.61. The van der Waals surface area contributed by atoms with E-state index in [1.54, 1.807) is 11.3 Å². The van der Waals surface area contributed by atoms with Crippen molar-refractivity contribution in [2.45, 2.75) is 0 Å². The highest BCUT2D eigenvalue weighted by Crippen LogP contribution is 2.35. The summed E-state index contributed by atoms with van der Waals surface area (Å²) in [4.78, 5) is 13.6. The fourth-order valence-corrected chi connectivity index (χ4v) is 3.98. The Hall–Kier alpha value is -3.44. The lowest BCUT2D eigenvalue weighted by atomic mass is 10.0. The smallest absolute Gasteiger partial charge is 0.256 e. The molecule has 1 aliphatic rings. The normalized spacial score (nSPS) is 14.4. The Kier molecular flexibility index (Phi) is 3.73. The number of carbonyl (C=O) groups excluding carboxylic acids is 1. The topological polar surface area (TPSA) is 46.9 Å². The predicted molar refractivity (Wildman–Crippen MR) is 110 cm³/mol. The number of nitrogens with one attached hydrogen (secondary N) is 1. The molecular formula is C22H15N3OS. The molecule has 27 heavy (non-hydrogen) atoms. The van der Waals surface area contributed by atoms with Crippen molar-refractivity contribution in [3.8, 4) is 16.3 Å². The Morgan fingerprint density at radius 3 is 2.59 bits per heavy atom. The summed E-state index contributed by atoms with van der Waals surface area (Å²) in [6, 6.07) is 21.8. The first-order chi connectivity index (χ1) is 13.3. The third kappa shape index (κ3) is 2.78. The fraction of sp³-hybridized carbons (Fsp3) is 0. The first kappa shape index (κ1) is 15.8. The van der Waals surface area contributed by atoms with E-state index in [9.17, 15) is 4.79 Å². The second kappa shape index (κ2) is 6.37. The maximum Gasteiger partial charge on any atom is 0.256 e. The molecule has 0 aliphatic carbocycles. The summed E-state index contributed by atoms with van der Waals surface area (Å²) in [6.45, 7) is 0. The fourth-order valence-electron chi connectivity index (χ4n) is 3.25. The number of para-hydroxylation sites is 2. The van der Waals surface area contributed by atoms with Gasteiger partial charge in [-0.25, -0.2) is 4.68 Å². The van der Waals surface area contributed by atoms with Crippen molar-refractivity contribution in [3.05, 3.63) is 89.4 Å². The number of aromatic nitrogens is 2. The molecule has 0 radical (unpaired) electrons. The van der Waals surface area contributed by atoms with E-state index in [0.717, 1.165) is 33.1 Å². The van der Waals surface area contributed by atoms with E-state index < -0.39 is 0 Å². The molecular weight excluding hydrogens is 354 g/mol. The van der Waals surface area contributed by atoms with Crippen LogP contribution in [0.4, 0.5) is 5.69 Å². The molecule has 0 unspecified atom stereocenters.